The van der Waals surface area contributed by atoms with Gasteiger partial charge in [-0.3, -0.25) is 0 Å². The largest absolute Gasteiger partial charge is 0.493 e. The highest BCUT2D eigenvalue weighted by atomic mass is 19.1. The number of carbonyl (C=O) groups excluding carboxylic acids is 1. The second-order valence-corrected chi connectivity index (χ2v) is 3.50. The van der Waals surface area contributed by atoms with Crippen LogP contribution < -0.4 is 4.74 Å². The fourth-order valence-corrected chi connectivity index (χ4v) is 1.29. The van der Waals surface area contributed by atoms with Crippen LogP contribution in [0.1, 0.15) is 22.3 Å². The Bertz CT molecular complexity index is 404. The minimum atomic E-state index is -0.615. The Labute approximate surface area is 99.0 Å². The molecule has 1 aromatic rings. The number of benzene rings is 1. The van der Waals surface area contributed by atoms with Crippen LogP contribution >= 0.6 is 0 Å². The van der Waals surface area contributed by atoms with Gasteiger partial charge in [-0.1, -0.05) is 0 Å². The summed E-state index contributed by atoms with van der Waals surface area (Å²) in [6, 6.07) is 2.54. The Morgan fingerprint density at radius 2 is 2.18 bits per heavy atom. The number of hydrogen-bond donors (Lipinski definition) is 1. The second-order valence-electron chi connectivity index (χ2n) is 3.50. The molecule has 0 saturated carbocycles. The Morgan fingerprint density at radius 3 is 2.76 bits per heavy atom. The van der Waals surface area contributed by atoms with Crippen LogP contribution in [0.15, 0.2) is 12.1 Å². The van der Waals surface area contributed by atoms with Gasteiger partial charge < -0.3 is 14.6 Å². The Kier molecular flexibility index (Phi) is 4.90. The monoisotopic (exact) mass is 242 g/mol. The van der Waals surface area contributed by atoms with Crippen molar-refractivity contribution in [3.05, 3.63) is 29.1 Å². The number of carbonyl (C=O) groups is 1. The number of methoxy groups -OCH3 is 1. The summed E-state index contributed by atoms with van der Waals surface area (Å²) in [5.74, 6) is -0.846. The lowest BCUT2D eigenvalue weighted by Crippen LogP contribution is -2.06. The molecule has 0 aliphatic rings. The summed E-state index contributed by atoms with van der Waals surface area (Å²) >= 11 is 0. The van der Waals surface area contributed by atoms with Crippen molar-refractivity contribution in [1.82, 2.24) is 0 Å². The minimum Gasteiger partial charge on any atom is -0.493 e. The van der Waals surface area contributed by atoms with Crippen molar-refractivity contribution < 1.29 is 23.8 Å². The zero-order valence-electron chi connectivity index (χ0n) is 9.83. The molecule has 0 radical (unpaired) electrons. The molecule has 0 bridgehead atoms. The summed E-state index contributed by atoms with van der Waals surface area (Å²) in [6.07, 6.45) is 0.448. The topological polar surface area (TPSA) is 55.8 Å². The number of hydrogen-bond acceptors (Lipinski definition) is 4. The molecule has 4 nitrogen and oxygen atoms in total. The lowest BCUT2D eigenvalue weighted by Gasteiger charge is -2.10. The molecule has 0 spiro atoms. The van der Waals surface area contributed by atoms with Crippen molar-refractivity contribution in [2.75, 3.05) is 20.3 Å². The smallest absolute Gasteiger partial charge is 0.338 e. The quantitative estimate of drug-likeness (QED) is 0.630. The highest BCUT2D eigenvalue weighted by molar-refractivity contribution is 5.90. The van der Waals surface area contributed by atoms with E-state index in [9.17, 15) is 9.18 Å². The van der Waals surface area contributed by atoms with Gasteiger partial charge in [-0.2, -0.15) is 0 Å². The SMILES string of the molecule is COC(=O)c1cc(F)c(C)c(OCCCO)c1. The number of aliphatic hydroxyl groups is 1. The Balaban J connectivity index is 2.94. The number of ether oxygens (including phenoxy) is 2. The average Bonchev–Trinajstić information content (AvgIpc) is 2.33. The first-order valence-electron chi connectivity index (χ1n) is 5.22. The van der Waals surface area contributed by atoms with E-state index < -0.39 is 11.8 Å². The van der Waals surface area contributed by atoms with Gasteiger partial charge in [0.2, 0.25) is 0 Å². The maximum Gasteiger partial charge on any atom is 0.338 e. The fourth-order valence-electron chi connectivity index (χ4n) is 1.29. The van der Waals surface area contributed by atoms with E-state index in [0.717, 1.165) is 6.07 Å². The van der Waals surface area contributed by atoms with Gasteiger partial charge in [0.1, 0.15) is 11.6 Å². The molecule has 17 heavy (non-hydrogen) atoms. The van der Waals surface area contributed by atoms with E-state index in [1.54, 1.807) is 6.92 Å². The van der Waals surface area contributed by atoms with Crippen molar-refractivity contribution >= 4 is 5.97 Å². The zero-order valence-corrected chi connectivity index (χ0v) is 9.83. The standard InChI is InChI=1S/C12H15FO4/c1-8-10(13)6-9(12(15)16-2)7-11(8)17-5-3-4-14/h6-7,14H,3-5H2,1-2H3. The van der Waals surface area contributed by atoms with E-state index in [-0.39, 0.29) is 18.8 Å². The summed E-state index contributed by atoms with van der Waals surface area (Å²) in [4.78, 5) is 11.3. The fraction of sp³-hybridized carbons (Fsp3) is 0.417. The van der Waals surface area contributed by atoms with Crippen LogP contribution in [0.3, 0.4) is 0 Å². The number of esters is 1. The highest BCUT2D eigenvalue weighted by Gasteiger charge is 2.13. The molecule has 0 amide bonds. The summed E-state index contributed by atoms with van der Waals surface area (Å²) in [6.45, 7) is 1.82. The minimum absolute atomic E-state index is 0.00176. The van der Waals surface area contributed by atoms with E-state index >= 15 is 0 Å². The van der Waals surface area contributed by atoms with Crippen LogP contribution in [0.5, 0.6) is 5.75 Å². The van der Waals surface area contributed by atoms with Crippen LogP contribution in [-0.4, -0.2) is 31.4 Å². The summed E-state index contributed by atoms with van der Waals surface area (Å²) in [5.41, 5.74) is 0.435. The van der Waals surface area contributed by atoms with E-state index in [2.05, 4.69) is 4.74 Å². The maximum atomic E-state index is 13.5. The van der Waals surface area contributed by atoms with Crippen LogP contribution in [0, 0.1) is 12.7 Å². The number of rotatable bonds is 5. The normalized spacial score (nSPS) is 10.1. The van der Waals surface area contributed by atoms with E-state index in [1.807, 2.05) is 0 Å². The second kappa shape index (κ2) is 6.20. The van der Waals surface area contributed by atoms with Crippen molar-refractivity contribution in [1.29, 1.82) is 0 Å². The molecule has 0 heterocycles. The molecule has 0 aromatic heterocycles. The van der Waals surface area contributed by atoms with E-state index in [4.69, 9.17) is 9.84 Å². The van der Waals surface area contributed by atoms with E-state index in [0.29, 0.717) is 17.7 Å². The molecule has 0 aliphatic carbocycles. The van der Waals surface area contributed by atoms with Gasteiger partial charge in [0.25, 0.3) is 0 Å². The summed E-state index contributed by atoms with van der Waals surface area (Å²) in [7, 11) is 1.23. The molecule has 0 fully saturated rings. The predicted molar refractivity (Wildman–Crippen MR) is 59.7 cm³/mol. The van der Waals surface area contributed by atoms with E-state index in [1.165, 1.54) is 13.2 Å². The lowest BCUT2D eigenvalue weighted by atomic mass is 10.1. The first-order chi connectivity index (χ1) is 8.10. The zero-order chi connectivity index (χ0) is 12.8. The molecule has 0 aliphatic heterocycles. The van der Waals surface area contributed by atoms with Crippen LogP contribution in [0.2, 0.25) is 0 Å². The lowest BCUT2D eigenvalue weighted by molar-refractivity contribution is 0.0599. The molecular formula is C12H15FO4. The van der Waals surface area contributed by atoms with Crippen LogP contribution in [0.4, 0.5) is 4.39 Å². The van der Waals surface area contributed by atoms with Gasteiger partial charge >= 0.3 is 5.97 Å². The Morgan fingerprint density at radius 1 is 1.47 bits per heavy atom. The first-order valence-corrected chi connectivity index (χ1v) is 5.22. The Hall–Kier alpha value is -1.62. The number of aliphatic hydroxyl groups excluding tert-OH is 1. The number of halogens is 1. The average molecular weight is 242 g/mol. The molecule has 94 valence electrons. The third kappa shape index (κ3) is 3.42. The molecule has 0 saturated heterocycles. The van der Waals surface area contributed by atoms with Crippen molar-refractivity contribution in [2.45, 2.75) is 13.3 Å². The van der Waals surface area contributed by atoms with Crippen molar-refractivity contribution in [3.8, 4) is 5.75 Å². The van der Waals surface area contributed by atoms with Gasteiger partial charge in [0.15, 0.2) is 0 Å². The molecule has 1 N–H and O–H groups in total. The third-order valence-corrected chi connectivity index (χ3v) is 2.28. The molecule has 5 heteroatoms. The van der Waals surface area contributed by atoms with Crippen LogP contribution in [-0.2, 0) is 4.74 Å². The van der Waals surface area contributed by atoms with Gasteiger partial charge in [-0.05, 0) is 19.1 Å². The summed E-state index contributed by atoms with van der Waals surface area (Å²) < 4.78 is 23.3. The molecule has 0 atom stereocenters. The molecule has 0 unspecified atom stereocenters. The van der Waals surface area contributed by atoms with Gasteiger partial charge in [-0.15, -0.1) is 0 Å². The van der Waals surface area contributed by atoms with Gasteiger partial charge in [0.05, 0.1) is 19.3 Å². The molecular weight excluding hydrogens is 227 g/mol. The van der Waals surface area contributed by atoms with Crippen molar-refractivity contribution in [3.63, 3.8) is 0 Å². The predicted octanol–water partition coefficient (Wildman–Crippen LogP) is 1.68. The summed E-state index contributed by atoms with van der Waals surface area (Å²) in [5, 5.41) is 8.62. The first kappa shape index (κ1) is 13.4. The van der Waals surface area contributed by atoms with Gasteiger partial charge in [-0.25, -0.2) is 9.18 Å². The maximum absolute atomic E-state index is 13.5. The molecule has 1 aromatic carbocycles. The van der Waals surface area contributed by atoms with Crippen molar-refractivity contribution in [2.24, 2.45) is 0 Å². The third-order valence-electron chi connectivity index (χ3n) is 2.28. The highest BCUT2D eigenvalue weighted by Crippen LogP contribution is 2.23. The van der Waals surface area contributed by atoms with Crippen LogP contribution in [0.25, 0.3) is 0 Å². The molecule has 1 rings (SSSR count). The van der Waals surface area contributed by atoms with Gasteiger partial charge in [0, 0.05) is 18.6 Å².